The first-order valence-corrected chi connectivity index (χ1v) is 4.87. The quantitative estimate of drug-likeness (QED) is 0.505. The fraction of sp³-hybridized carbons (Fsp3) is 0. The van der Waals surface area contributed by atoms with E-state index in [1.165, 1.54) is 0 Å². The van der Waals surface area contributed by atoms with Crippen LogP contribution in [0.1, 0.15) is 0 Å². The SMILES string of the molecule is O[Si](O)(O)c1cc(F)cc(F)c1. The standard InChI is InChI=1S/C6H6F2O3Si/c7-4-1-5(8)3-6(2-4)12(9,10)11/h1-3,9-11H. The van der Waals surface area contributed by atoms with E-state index in [9.17, 15) is 8.78 Å². The molecule has 0 aliphatic carbocycles. The van der Waals surface area contributed by atoms with E-state index in [0.29, 0.717) is 18.2 Å². The minimum atomic E-state index is -4.58. The summed E-state index contributed by atoms with van der Waals surface area (Å²) < 4.78 is 24.8. The van der Waals surface area contributed by atoms with Crippen molar-refractivity contribution in [3.63, 3.8) is 0 Å². The molecule has 0 amide bonds. The van der Waals surface area contributed by atoms with E-state index in [-0.39, 0.29) is 0 Å². The number of halogens is 2. The zero-order valence-electron chi connectivity index (χ0n) is 5.83. The molecule has 0 heterocycles. The van der Waals surface area contributed by atoms with E-state index in [1.807, 2.05) is 0 Å². The molecule has 1 rings (SSSR count). The van der Waals surface area contributed by atoms with Crippen LogP contribution in [0, 0.1) is 11.6 Å². The Hall–Kier alpha value is -0.823. The summed E-state index contributed by atoms with van der Waals surface area (Å²) in [5.41, 5.74) is 0. The average molecular weight is 192 g/mol. The van der Waals surface area contributed by atoms with Gasteiger partial charge in [-0.25, -0.2) is 8.78 Å². The Morgan fingerprint density at radius 3 is 1.67 bits per heavy atom. The van der Waals surface area contributed by atoms with Gasteiger partial charge in [0.25, 0.3) is 0 Å². The van der Waals surface area contributed by atoms with Crippen LogP contribution >= 0.6 is 0 Å². The highest BCUT2D eigenvalue weighted by Gasteiger charge is 2.31. The van der Waals surface area contributed by atoms with Gasteiger partial charge in [0.2, 0.25) is 0 Å². The van der Waals surface area contributed by atoms with Crippen LogP contribution in [-0.4, -0.2) is 23.2 Å². The topological polar surface area (TPSA) is 60.7 Å². The van der Waals surface area contributed by atoms with Gasteiger partial charge in [0, 0.05) is 11.3 Å². The predicted molar refractivity (Wildman–Crippen MR) is 38.4 cm³/mol. The largest absolute Gasteiger partial charge is 0.529 e. The van der Waals surface area contributed by atoms with Crippen LogP contribution < -0.4 is 5.19 Å². The normalized spacial score (nSPS) is 11.8. The Balaban J connectivity index is 3.18. The van der Waals surface area contributed by atoms with E-state index in [4.69, 9.17) is 14.4 Å². The molecule has 66 valence electrons. The van der Waals surface area contributed by atoms with Gasteiger partial charge in [0.1, 0.15) is 11.6 Å². The summed E-state index contributed by atoms with van der Waals surface area (Å²) in [6, 6.07) is 1.92. The Kier molecular flexibility index (Phi) is 2.24. The van der Waals surface area contributed by atoms with Crippen molar-refractivity contribution < 1.29 is 23.2 Å². The van der Waals surface area contributed by atoms with Gasteiger partial charge < -0.3 is 14.4 Å². The highest BCUT2D eigenvalue weighted by Crippen LogP contribution is 2.01. The van der Waals surface area contributed by atoms with Crippen LogP contribution in [0.2, 0.25) is 0 Å². The highest BCUT2D eigenvalue weighted by atomic mass is 28.4. The summed E-state index contributed by atoms with van der Waals surface area (Å²) in [4.78, 5) is 26.0. The lowest BCUT2D eigenvalue weighted by molar-refractivity contribution is 0.249. The van der Waals surface area contributed by atoms with E-state index in [0.717, 1.165) is 0 Å². The second-order valence-electron chi connectivity index (χ2n) is 2.29. The summed E-state index contributed by atoms with van der Waals surface area (Å²) in [6.45, 7) is 0. The van der Waals surface area contributed by atoms with Gasteiger partial charge in [-0.3, -0.25) is 0 Å². The molecule has 0 atom stereocenters. The lowest BCUT2D eigenvalue weighted by Gasteiger charge is -2.08. The van der Waals surface area contributed by atoms with Gasteiger partial charge in [-0.2, -0.15) is 0 Å². The number of benzene rings is 1. The van der Waals surface area contributed by atoms with Crippen molar-refractivity contribution in [3.8, 4) is 0 Å². The molecule has 3 nitrogen and oxygen atoms in total. The Labute approximate surface area is 67.9 Å². The first-order valence-electron chi connectivity index (χ1n) is 3.03. The maximum Gasteiger partial charge on any atom is 0.529 e. The molecule has 0 aromatic heterocycles. The third-order valence-corrected chi connectivity index (χ3v) is 2.31. The summed E-state index contributed by atoms with van der Waals surface area (Å²) in [6.07, 6.45) is 0. The molecule has 0 unspecified atom stereocenters. The molecular formula is C6H6F2O3Si. The van der Waals surface area contributed by atoms with Crippen LogP contribution in [-0.2, 0) is 0 Å². The minimum Gasteiger partial charge on any atom is -0.386 e. The van der Waals surface area contributed by atoms with Crippen molar-refractivity contribution >= 4 is 14.0 Å². The molecule has 0 radical (unpaired) electrons. The number of hydrogen-bond acceptors (Lipinski definition) is 3. The highest BCUT2D eigenvalue weighted by molar-refractivity contribution is 6.71. The minimum absolute atomic E-state index is 0.514. The summed E-state index contributed by atoms with van der Waals surface area (Å²) in [5, 5.41) is -0.514. The second kappa shape index (κ2) is 2.90. The average Bonchev–Trinajstić information content (AvgIpc) is 1.82. The van der Waals surface area contributed by atoms with Crippen molar-refractivity contribution in [2.24, 2.45) is 0 Å². The van der Waals surface area contributed by atoms with Gasteiger partial charge in [-0.15, -0.1) is 0 Å². The molecule has 0 aliphatic rings. The summed E-state index contributed by atoms with van der Waals surface area (Å²) in [7, 11) is -4.58. The maximum atomic E-state index is 12.4. The van der Waals surface area contributed by atoms with Crippen molar-refractivity contribution in [2.45, 2.75) is 0 Å². The molecule has 0 saturated carbocycles. The van der Waals surface area contributed by atoms with E-state index < -0.39 is 25.6 Å². The van der Waals surface area contributed by atoms with Crippen molar-refractivity contribution in [2.75, 3.05) is 0 Å². The fourth-order valence-electron chi connectivity index (χ4n) is 0.747. The van der Waals surface area contributed by atoms with Crippen LogP contribution in [0.4, 0.5) is 8.78 Å². The predicted octanol–water partition coefficient (Wildman–Crippen LogP) is -0.912. The lowest BCUT2D eigenvalue weighted by atomic mass is 10.3. The molecule has 0 spiro atoms. The number of hydrogen-bond donors (Lipinski definition) is 3. The smallest absolute Gasteiger partial charge is 0.386 e. The molecule has 1 aromatic rings. The molecule has 0 aliphatic heterocycles. The molecule has 12 heavy (non-hydrogen) atoms. The second-order valence-corrected chi connectivity index (χ2v) is 4.14. The first kappa shape index (κ1) is 9.27. The van der Waals surface area contributed by atoms with Crippen LogP contribution in [0.3, 0.4) is 0 Å². The molecule has 3 N–H and O–H groups in total. The fourth-order valence-corrected chi connectivity index (χ4v) is 1.41. The zero-order chi connectivity index (χ0) is 9.35. The molecule has 1 aromatic carbocycles. The Morgan fingerprint density at radius 1 is 0.917 bits per heavy atom. The van der Waals surface area contributed by atoms with E-state index in [1.54, 1.807) is 0 Å². The van der Waals surface area contributed by atoms with Gasteiger partial charge in [-0.05, 0) is 12.1 Å². The molecule has 0 bridgehead atoms. The molecule has 6 heteroatoms. The van der Waals surface area contributed by atoms with Crippen molar-refractivity contribution in [1.82, 2.24) is 0 Å². The van der Waals surface area contributed by atoms with Crippen molar-refractivity contribution in [1.29, 1.82) is 0 Å². The monoisotopic (exact) mass is 192 g/mol. The zero-order valence-corrected chi connectivity index (χ0v) is 6.83. The van der Waals surface area contributed by atoms with E-state index >= 15 is 0 Å². The summed E-state index contributed by atoms with van der Waals surface area (Å²) in [5.74, 6) is -1.92. The third-order valence-electron chi connectivity index (χ3n) is 1.25. The van der Waals surface area contributed by atoms with Gasteiger partial charge in [0.15, 0.2) is 0 Å². The van der Waals surface area contributed by atoms with Crippen LogP contribution in [0.15, 0.2) is 18.2 Å². The first-order chi connectivity index (χ1) is 5.39. The van der Waals surface area contributed by atoms with Crippen molar-refractivity contribution in [3.05, 3.63) is 29.8 Å². The summed E-state index contributed by atoms with van der Waals surface area (Å²) >= 11 is 0. The lowest BCUT2D eigenvalue weighted by Crippen LogP contribution is -2.49. The van der Waals surface area contributed by atoms with Gasteiger partial charge >= 0.3 is 8.80 Å². The third kappa shape index (κ3) is 2.08. The molecule has 0 saturated heterocycles. The Bertz CT molecular complexity index is 277. The van der Waals surface area contributed by atoms with Gasteiger partial charge in [-0.1, -0.05) is 0 Å². The van der Waals surface area contributed by atoms with E-state index in [2.05, 4.69) is 0 Å². The Morgan fingerprint density at radius 2 is 1.33 bits per heavy atom. The maximum absolute atomic E-state index is 12.4. The molecular weight excluding hydrogens is 186 g/mol. The molecule has 0 fully saturated rings. The van der Waals surface area contributed by atoms with Gasteiger partial charge in [0.05, 0.1) is 0 Å². The van der Waals surface area contributed by atoms with Crippen LogP contribution in [0.25, 0.3) is 0 Å². The number of rotatable bonds is 1. The van der Waals surface area contributed by atoms with Crippen LogP contribution in [0.5, 0.6) is 0 Å².